The highest BCUT2D eigenvalue weighted by Gasteiger charge is 2.05. The molecule has 2 aromatic rings. The van der Waals surface area contributed by atoms with E-state index in [1.165, 1.54) is 30.2 Å². The zero-order chi connectivity index (χ0) is 10.7. The van der Waals surface area contributed by atoms with Crippen molar-refractivity contribution in [1.29, 1.82) is 0 Å². The molecular weight excluding hydrogens is 207 g/mol. The average Bonchev–Trinajstić information content (AvgIpc) is 2.63. The lowest BCUT2D eigenvalue weighted by Gasteiger charge is -1.93. The molecule has 0 saturated carbocycles. The molecule has 1 aromatic heterocycles. The first-order valence-corrected chi connectivity index (χ1v) is 6.30. The fourth-order valence-corrected chi connectivity index (χ4v) is 2.87. The number of thiophene rings is 1. The maximum absolute atomic E-state index is 13.4. The summed E-state index contributed by atoms with van der Waals surface area (Å²) in [4.78, 5) is 1.31. The molecule has 2 heteroatoms. The van der Waals surface area contributed by atoms with E-state index in [9.17, 15) is 4.39 Å². The Labute approximate surface area is 93.7 Å². The molecule has 0 unspecified atom stereocenters. The molecule has 0 amide bonds. The molecular formula is C13H15FS. The predicted octanol–water partition coefficient (Wildman–Crippen LogP) is 4.77. The lowest BCUT2D eigenvalue weighted by molar-refractivity contribution is 0.640. The third kappa shape index (κ3) is 2.37. The molecule has 15 heavy (non-hydrogen) atoms. The lowest BCUT2D eigenvalue weighted by Crippen LogP contribution is -1.79. The zero-order valence-electron chi connectivity index (χ0n) is 8.92. The van der Waals surface area contributed by atoms with Gasteiger partial charge < -0.3 is 0 Å². The summed E-state index contributed by atoms with van der Waals surface area (Å²) in [5.74, 6) is -0.0921. The maximum atomic E-state index is 13.4. The van der Waals surface area contributed by atoms with Crippen molar-refractivity contribution in [2.24, 2.45) is 0 Å². The summed E-state index contributed by atoms with van der Waals surface area (Å²) in [6.45, 7) is 2.20. The van der Waals surface area contributed by atoms with Crippen molar-refractivity contribution >= 4 is 21.4 Å². The van der Waals surface area contributed by atoms with E-state index in [2.05, 4.69) is 6.92 Å². The van der Waals surface area contributed by atoms with Crippen LogP contribution in [0.5, 0.6) is 0 Å². The van der Waals surface area contributed by atoms with Gasteiger partial charge in [0, 0.05) is 15.0 Å². The third-order valence-corrected chi connectivity index (χ3v) is 3.75. The molecule has 0 spiro atoms. The number of fused-ring (bicyclic) bond motifs is 1. The topological polar surface area (TPSA) is 0 Å². The highest BCUT2D eigenvalue weighted by Crippen LogP contribution is 2.28. The van der Waals surface area contributed by atoms with Crippen molar-refractivity contribution in [2.75, 3.05) is 0 Å². The van der Waals surface area contributed by atoms with Crippen LogP contribution >= 0.6 is 11.3 Å². The monoisotopic (exact) mass is 222 g/mol. The van der Waals surface area contributed by atoms with E-state index in [1.807, 2.05) is 12.1 Å². The molecule has 0 atom stereocenters. The van der Waals surface area contributed by atoms with Gasteiger partial charge >= 0.3 is 0 Å². The molecule has 0 aliphatic rings. The minimum Gasteiger partial charge on any atom is -0.206 e. The number of aryl methyl sites for hydroxylation is 1. The highest BCUT2D eigenvalue weighted by atomic mass is 32.1. The third-order valence-electron chi connectivity index (χ3n) is 2.59. The van der Waals surface area contributed by atoms with Gasteiger partial charge in [-0.05, 0) is 31.0 Å². The summed E-state index contributed by atoms with van der Waals surface area (Å²) in [5, 5.41) is 0.786. The largest absolute Gasteiger partial charge is 0.206 e. The quantitative estimate of drug-likeness (QED) is 0.653. The standard InChI is InChI=1S/C13H15FS/c1-2-3-4-6-10-9-11-12(14)7-5-8-13(11)15-10/h5,7-9H,2-4,6H2,1H3. The summed E-state index contributed by atoms with van der Waals surface area (Å²) >= 11 is 1.72. The Morgan fingerprint density at radius 2 is 2.13 bits per heavy atom. The molecule has 0 radical (unpaired) electrons. The number of halogens is 1. The number of hydrogen-bond acceptors (Lipinski definition) is 1. The van der Waals surface area contributed by atoms with Gasteiger partial charge in [0.05, 0.1) is 0 Å². The van der Waals surface area contributed by atoms with Crippen LogP contribution in [-0.2, 0) is 6.42 Å². The second-order valence-electron chi connectivity index (χ2n) is 3.82. The van der Waals surface area contributed by atoms with Crippen molar-refractivity contribution in [3.63, 3.8) is 0 Å². The smallest absolute Gasteiger partial charge is 0.131 e. The average molecular weight is 222 g/mol. The maximum Gasteiger partial charge on any atom is 0.131 e. The van der Waals surface area contributed by atoms with E-state index in [-0.39, 0.29) is 5.82 Å². The Balaban J connectivity index is 2.20. The normalized spacial score (nSPS) is 11.1. The van der Waals surface area contributed by atoms with Crippen LogP contribution in [0.1, 0.15) is 31.1 Å². The molecule has 0 N–H and O–H groups in total. The summed E-state index contributed by atoms with van der Waals surface area (Å²) < 4.78 is 14.5. The van der Waals surface area contributed by atoms with Crippen LogP contribution in [-0.4, -0.2) is 0 Å². The van der Waals surface area contributed by atoms with Crippen molar-refractivity contribution < 1.29 is 4.39 Å². The Morgan fingerprint density at radius 1 is 1.27 bits per heavy atom. The fourth-order valence-electron chi connectivity index (χ4n) is 1.75. The highest BCUT2D eigenvalue weighted by molar-refractivity contribution is 7.19. The SMILES string of the molecule is CCCCCc1cc2c(F)cccc2s1. The summed E-state index contributed by atoms with van der Waals surface area (Å²) in [7, 11) is 0. The number of unbranched alkanes of at least 4 members (excludes halogenated alkanes) is 2. The van der Waals surface area contributed by atoms with E-state index in [4.69, 9.17) is 0 Å². The Hall–Kier alpha value is -0.890. The first-order valence-electron chi connectivity index (χ1n) is 5.48. The van der Waals surface area contributed by atoms with Crippen molar-refractivity contribution in [3.8, 4) is 0 Å². The van der Waals surface area contributed by atoms with Crippen LogP contribution in [0.15, 0.2) is 24.3 Å². The van der Waals surface area contributed by atoms with Gasteiger partial charge in [0.25, 0.3) is 0 Å². The van der Waals surface area contributed by atoms with Gasteiger partial charge in [0.2, 0.25) is 0 Å². The lowest BCUT2D eigenvalue weighted by atomic mass is 10.1. The van der Waals surface area contributed by atoms with Crippen LogP contribution in [0.25, 0.3) is 10.1 Å². The van der Waals surface area contributed by atoms with E-state index in [0.717, 1.165) is 16.5 Å². The molecule has 1 aromatic carbocycles. The van der Waals surface area contributed by atoms with E-state index in [1.54, 1.807) is 17.4 Å². The van der Waals surface area contributed by atoms with Crippen LogP contribution < -0.4 is 0 Å². The minimum absolute atomic E-state index is 0.0921. The molecule has 0 aliphatic heterocycles. The van der Waals surface area contributed by atoms with Crippen LogP contribution in [0.3, 0.4) is 0 Å². The molecule has 0 bridgehead atoms. The number of rotatable bonds is 4. The van der Waals surface area contributed by atoms with Gasteiger partial charge in [-0.3, -0.25) is 0 Å². The van der Waals surface area contributed by atoms with Crippen LogP contribution in [0.2, 0.25) is 0 Å². The van der Waals surface area contributed by atoms with Crippen molar-refractivity contribution in [1.82, 2.24) is 0 Å². The van der Waals surface area contributed by atoms with E-state index >= 15 is 0 Å². The first kappa shape index (κ1) is 10.6. The summed E-state index contributed by atoms with van der Waals surface area (Å²) in [6.07, 6.45) is 4.80. The van der Waals surface area contributed by atoms with Crippen molar-refractivity contribution in [3.05, 3.63) is 35.0 Å². The van der Waals surface area contributed by atoms with Gasteiger partial charge in [-0.2, -0.15) is 0 Å². The predicted molar refractivity (Wildman–Crippen MR) is 65.0 cm³/mol. The van der Waals surface area contributed by atoms with Gasteiger partial charge in [-0.25, -0.2) is 4.39 Å². The summed E-state index contributed by atoms with van der Waals surface area (Å²) in [5.41, 5.74) is 0. The van der Waals surface area contributed by atoms with E-state index in [0.29, 0.717) is 0 Å². The second kappa shape index (κ2) is 4.75. The first-order chi connectivity index (χ1) is 7.31. The van der Waals surface area contributed by atoms with Crippen LogP contribution in [0, 0.1) is 5.82 Å². The van der Waals surface area contributed by atoms with Crippen molar-refractivity contribution in [2.45, 2.75) is 32.6 Å². The number of hydrogen-bond donors (Lipinski definition) is 0. The minimum atomic E-state index is -0.0921. The molecule has 80 valence electrons. The molecule has 0 saturated heterocycles. The number of benzene rings is 1. The summed E-state index contributed by atoms with van der Waals surface area (Å²) in [6, 6.07) is 7.31. The molecule has 2 rings (SSSR count). The van der Waals surface area contributed by atoms with Crippen LogP contribution in [0.4, 0.5) is 4.39 Å². The Kier molecular flexibility index (Phi) is 3.37. The van der Waals surface area contributed by atoms with Gasteiger partial charge in [0.1, 0.15) is 5.82 Å². The molecule has 1 heterocycles. The molecule has 0 fully saturated rings. The van der Waals surface area contributed by atoms with E-state index < -0.39 is 0 Å². The fraction of sp³-hybridized carbons (Fsp3) is 0.385. The Morgan fingerprint density at radius 3 is 2.87 bits per heavy atom. The molecule has 0 nitrogen and oxygen atoms in total. The Bertz CT molecular complexity index is 445. The molecule has 0 aliphatic carbocycles. The van der Waals surface area contributed by atoms with Gasteiger partial charge in [-0.1, -0.05) is 25.8 Å². The van der Waals surface area contributed by atoms with Gasteiger partial charge in [-0.15, -0.1) is 11.3 Å². The second-order valence-corrected chi connectivity index (χ2v) is 4.99. The van der Waals surface area contributed by atoms with Gasteiger partial charge in [0.15, 0.2) is 0 Å². The zero-order valence-corrected chi connectivity index (χ0v) is 9.74.